The van der Waals surface area contributed by atoms with Crippen molar-refractivity contribution >= 4 is 11.5 Å². The molecule has 0 bridgehead atoms. The molecule has 1 saturated carbocycles. The van der Waals surface area contributed by atoms with Gasteiger partial charge >= 0.3 is 6.18 Å². The second-order valence-corrected chi connectivity index (χ2v) is 4.69. The van der Waals surface area contributed by atoms with Gasteiger partial charge in [0.05, 0.1) is 0 Å². The Labute approximate surface area is 108 Å². The highest BCUT2D eigenvalue weighted by molar-refractivity contribution is 5.99. The van der Waals surface area contributed by atoms with E-state index in [1.54, 1.807) is 0 Å². The van der Waals surface area contributed by atoms with Crippen LogP contribution in [0.15, 0.2) is 18.2 Å². The molecule has 19 heavy (non-hydrogen) atoms. The summed E-state index contributed by atoms with van der Waals surface area (Å²) in [5, 5.41) is 0. The molecule has 1 aliphatic carbocycles. The Morgan fingerprint density at radius 2 is 2.00 bits per heavy atom. The monoisotopic (exact) mass is 275 g/mol. The molecule has 0 atom stereocenters. The smallest absolute Gasteiger partial charge is 0.359 e. The molecule has 1 fully saturated rings. The van der Waals surface area contributed by atoms with Gasteiger partial charge in [-0.25, -0.2) is 4.39 Å². The molecule has 0 saturated heterocycles. The molecule has 2 nitrogen and oxygen atoms in total. The summed E-state index contributed by atoms with van der Waals surface area (Å²) in [5.41, 5.74) is 0.157. The van der Waals surface area contributed by atoms with Crippen LogP contribution in [-0.2, 0) is 0 Å². The van der Waals surface area contributed by atoms with Gasteiger partial charge in [-0.15, -0.1) is 0 Å². The van der Waals surface area contributed by atoms with E-state index in [-0.39, 0.29) is 17.3 Å². The van der Waals surface area contributed by atoms with Gasteiger partial charge in [-0.3, -0.25) is 4.79 Å². The summed E-state index contributed by atoms with van der Waals surface area (Å²) in [6.45, 7) is 0.0977. The van der Waals surface area contributed by atoms with Crippen molar-refractivity contribution in [2.45, 2.75) is 32.0 Å². The van der Waals surface area contributed by atoms with E-state index in [9.17, 15) is 22.4 Å². The van der Waals surface area contributed by atoms with Crippen molar-refractivity contribution in [3.63, 3.8) is 0 Å². The first-order valence-corrected chi connectivity index (χ1v) is 5.92. The van der Waals surface area contributed by atoms with E-state index in [0.717, 1.165) is 17.0 Å². The summed E-state index contributed by atoms with van der Waals surface area (Å²) in [6.07, 6.45) is -3.04. The lowest BCUT2D eigenvalue weighted by Gasteiger charge is -2.27. The van der Waals surface area contributed by atoms with E-state index < -0.39 is 24.3 Å². The van der Waals surface area contributed by atoms with E-state index >= 15 is 0 Å². The topological polar surface area (TPSA) is 20.3 Å². The van der Waals surface area contributed by atoms with Crippen molar-refractivity contribution < 1.29 is 22.4 Å². The molecular weight excluding hydrogens is 262 g/mol. The molecule has 0 heterocycles. The Morgan fingerprint density at radius 1 is 1.37 bits per heavy atom. The molecule has 0 radical (unpaired) electrons. The van der Waals surface area contributed by atoms with Crippen LogP contribution < -0.4 is 4.90 Å². The zero-order chi connectivity index (χ0) is 14.2. The molecule has 1 aromatic rings. The fourth-order valence-electron chi connectivity index (χ4n) is 2.03. The van der Waals surface area contributed by atoms with Gasteiger partial charge in [0.15, 0.2) is 5.78 Å². The molecule has 0 N–H and O–H groups in total. The predicted octanol–water partition coefficient (Wildman–Crippen LogP) is 3.56. The van der Waals surface area contributed by atoms with E-state index in [1.807, 2.05) is 0 Å². The van der Waals surface area contributed by atoms with E-state index in [2.05, 4.69) is 0 Å². The highest BCUT2D eigenvalue weighted by Gasteiger charge is 2.39. The average Bonchev–Trinajstić information content (AvgIpc) is 3.08. The number of ketones is 1. The molecule has 0 spiro atoms. The Kier molecular flexibility index (Phi) is 3.52. The van der Waals surface area contributed by atoms with Crippen molar-refractivity contribution in [1.29, 1.82) is 0 Å². The van der Waals surface area contributed by atoms with Crippen molar-refractivity contribution in [1.82, 2.24) is 0 Å². The first-order valence-electron chi connectivity index (χ1n) is 5.92. The molecule has 6 heteroatoms. The van der Waals surface area contributed by atoms with Crippen molar-refractivity contribution in [2.24, 2.45) is 0 Å². The SMILES string of the molecule is CC(=O)c1cc(F)ccc1N(CC(F)(F)F)C1CC1. The lowest BCUT2D eigenvalue weighted by molar-refractivity contribution is -0.120. The first kappa shape index (κ1) is 13.8. The lowest BCUT2D eigenvalue weighted by Crippen LogP contribution is -2.36. The minimum absolute atomic E-state index is 0.00356. The Bertz CT molecular complexity index is 494. The third-order valence-corrected chi connectivity index (χ3v) is 2.98. The maximum absolute atomic E-state index is 13.1. The zero-order valence-corrected chi connectivity index (χ0v) is 10.3. The minimum Gasteiger partial charge on any atom is -0.359 e. The second-order valence-electron chi connectivity index (χ2n) is 4.69. The maximum atomic E-state index is 13.1. The van der Waals surface area contributed by atoms with Crippen molar-refractivity contribution in [3.05, 3.63) is 29.6 Å². The van der Waals surface area contributed by atoms with Gasteiger partial charge in [0.1, 0.15) is 12.4 Å². The third-order valence-electron chi connectivity index (χ3n) is 2.98. The van der Waals surface area contributed by atoms with Gasteiger partial charge in [0, 0.05) is 17.3 Å². The van der Waals surface area contributed by atoms with Crippen LogP contribution in [-0.4, -0.2) is 24.5 Å². The molecule has 2 rings (SSSR count). The average molecular weight is 275 g/mol. The van der Waals surface area contributed by atoms with Gasteiger partial charge in [0.2, 0.25) is 0 Å². The largest absolute Gasteiger partial charge is 0.405 e. The Hall–Kier alpha value is -1.59. The predicted molar refractivity (Wildman–Crippen MR) is 62.8 cm³/mol. The molecule has 0 aliphatic heterocycles. The Morgan fingerprint density at radius 3 is 2.47 bits per heavy atom. The number of benzene rings is 1. The lowest BCUT2D eigenvalue weighted by atomic mass is 10.1. The van der Waals surface area contributed by atoms with E-state index in [1.165, 1.54) is 13.0 Å². The molecule has 0 aromatic heterocycles. The van der Waals surface area contributed by atoms with Crippen LogP contribution >= 0.6 is 0 Å². The Balaban J connectivity index is 2.39. The zero-order valence-electron chi connectivity index (χ0n) is 10.3. The van der Waals surface area contributed by atoms with Crippen LogP contribution in [0, 0.1) is 5.82 Å². The number of nitrogens with zero attached hydrogens (tertiary/aromatic N) is 1. The number of halogens is 4. The summed E-state index contributed by atoms with van der Waals surface area (Å²) in [5.74, 6) is -1.07. The second kappa shape index (κ2) is 4.83. The highest BCUT2D eigenvalue weighted by Crippen LogP contribution is 2.36. The fraction of sp³-hybridized carbons (Fsp3) is 0.462. The van der Waals surface area contributed by atoms with Crippen LogP contribution in [0.4, 0.5) is 23.2 Å². The normalized spacial score (nSPS) is 15.4. The van der Waals surface area contributed by atoms with Crippen LogP contribution in [0.1, 0.15) is 30.1 Å². The number of alkyl halides is 3. The summed E-state index contributed by atoms with van der Waals surface area (Å²) in [6, 6.07) is 3.10. The van der Waals surface area contributed by atoms with Crippen LogP contribution in [0.2, 0.25) is 0 Å². The van der Waals surface area contributed by atoms with Gasteiger partial charge in [0.25, 0.3) is 0 Å². The third kappa shape index (κ3) is 3.45. The van der Waals surface area contributed by atoms with Crippen LogP contribution in [0.25, 0.3) is 0 Å². The van der Waals surface area contributed by atoms with Crippen LogP contribution in [0.5, 0.6) is 0 Å². The molecule has 104 valence electrons. The number of Topliss-reactive ketones (excluding diaryl/α,β-unsaturated/α-hetero) is 1. The minimum atomic E-state index is -4.36. The van der Waals surface area contributed by atoms with Crippen molar-refractivity contribution in [3.8, 4) is 0 Å². The number of rotatable bonds is 4. The summed E-state index contributed by atoms with van der Waals surface area (Å²) < 4.78 is 50.9. The van der Waals surface area contributed by atoms with Gasteiger partial charge in [-0.2, -0.15) is 13.2 Å². The van der Waals surface area contributed by atoms with E-state index in [0.29, 0.717) is 12.8 Å². The molecule has 0 unspecified atom stereocenters. The first-order chi connectivity index (χ1) is 8.78. The number of hydrogen-bond donors (Lipinski definition) is 0. The summed E-state index contributed by atoms with van der Waals surface area (Å²) in [7, 11) is 0. The molecule has 1 aliphatic rings. The van der Waals surface area contributed by atoms with E-state index in [4.69, 9.17) is 0 Å². The fourth-order valence-corrected chi connectivity index (χ4v) is 2.03. The summed E-state index contributed by atoms with van der Waals surface area (Å²) in [4.78, 5) is 12.6. The standard InChI is InChI=1S/C13H13F4NO/c1-8(19)11-6-9(14)2-5-12(11)18(10-3-4-10)7-13(15,16)17/h2,5-6,10H,3-4,7H2,1H3. The van der Waals surface area contributed by atoms with Crippen molar-refractivity contribution in [2.75, 3.05) is 11.4 Å². The number of carbonyl (C=O) groups excluding carboxylic acids is 1. The van der Waals surface area contributed by atoms with Gasteiger partial charge in [-0.05, 0) is 38.0 Å². The van der Waals surface area contributed by atoms with Gasteiger partial charge < -0.3 is 4.90 Å². The molecular formula is C13H13F4NO. The quantitative estimate of drug-likeness (QED) is 0.618. The highest BCUT2D eigenvalue weighted by atomic mass is 19.4. The molecule has 0 amide bonds. The molecule has 1 aromatic carbocycles. The number of carbonyl (C=O) groups is 1. The summed E-state index contributed by atoms with van der Waals surface area (Å²) >= 11 is 0. The number of anilines is 1. The number of hydrogen-bond acceptors (Lipinski definition) is 2. The van der Waals surface area contributed by atoms with Crippen LogP contribution in [0.3, 0.4) is 0 Å². The maximum Gasteiger partial charge on any atom is 0.405 e. The van der Waals surface area contributed by atoms with Gasteiger partial charge in [-0.1, -0.05) is 0 Å².